The Kier molecular flexibility index (Phi) is 2.63. The molecule has 2 aromatic rings. The Morgan fingerprint density at radius 3 is 2.80 bits per heavy atom. The van der Waals surface area contributed by atoms with Crippen LogP contribution in [0.25, 0.3) is 10.9 Å². The lowest BCUT2D eigenvalue weighted by Gasteiger charge is -2.10. The van der Waals surface area contributed by atoms with Gasteiger partial charge < -0.3 is 5.11 Å². The molecule has 0 radical (unpaired) electrons. The third-order valence-corrected chi connectivity index (χ3v) is 2.71. The summed E-state index contributed by atoms with van der Waals surface area (Å²) in [5, 5.41) is 11.2. The monoisotopic (exact) mass is 221 g/mol. The second-order valence-electron chi connectivity index (χ2n) is 3.66. The maximum Gasteiger partial charge on any atom is 0.0895 e. The van der Waals surface area contributed by atoms with Crippen molar-refractivity contribution in [2.45, 2.75) is 20.0 Å². The van der Waals surface area contributed by atoms with E-state index in [1.54, 1.807) is 6.92 Å². The quantitative estimate of drug-likeness (QED) is 0.802. The molecule has 0 bridgehead atoms. The van der Waals surface area contributed by atoms with E-state index in [2.05, 4.69) is 4.98 Å². The molecule has 15 heavy (non-hydrogen) atoms. The number of aryl methyl sites for hydroxylation is 1. The number of fused-ring (bicyclic) bond motifs is 1. The summed E-state index contributed by atoms with van der Waals surface area (Å²) in [6, 6.07) is 7.49. The van der Waals surface area contributed by atoms with E-state index < -0.39 is 6.10 Å². The van der Waals surface area contributed by atoms with Crippen LogP contribution in [0.5, 0.6) is 0 Å². The first-order chi connectivity index (χ1) is 7.09. The molecule has 0 aliphatic carbocycles. The van der Waals surface area contributed by atoms with E-state index in [-0.39, 0.29) is 0 Å². The number of hydrogen-bond donors (Lipinski definition) is 1. The molecule has 1 aromatic carbocycles. The van der Waals surface area contributed by atoms with E-state index in [9.17, 15) is 5.11 Å². The number of rotatable bonds is 1. The standard InChI is InChI=1S/C12H12ClNO/c1-7-6-10(8(2)15)9-4-3-5-11(13)12(9)14-7/h3-6,8,15H,1-2H3. The second kappa shape index (κ2) is 3.80. The molecule has 2 nitrogen and oxygen atoms in total. The minimum atomic E-state index is -0.507. The Morgan fingerprint density at radius 1 is 1.40 bits per heavy atom. The normalized spacial score (nSPS) is 13.1. The molecule has 0 fully saturated rings. The average Bonchev–Trinajstić information content (AvgIpc) is 2.18. The van der Waals surface area contributed by atoms with Crippen LogP contribution in [0.4, 0.5) is 0 Å². The molecule has 3 heteroatoms. The predicted molar refractivity (Wildman–Crippen MR) is 62.1 cm³/mol. The molecule has 0 spiro atoms. The van der Waals surface area contributed by atoms with Gasteiger partial charge in [-0.15, -0.1) is 0 Å². The molecule has 0 saturated heterocycles. The number of para-hydroxylation sites is 1. The molecule has 1 atom stereocenters. The number of benzene rings is 1. The van der Waals surface area contributed by atoms with Gasteiger partial charge in [0.05, 0.1) is 16.6 Å². The van der Waals surface area contributed by atoms with Crippen LogP contribution in [0.15, 0.2) is 24.3 Å². The highest BCUT2D eigenvalue weighted by Crippen LogP contribution is 2.28. The summed E-state index contributed by atoms with van der Waals surface area (Å²) < 4.78 is 0. The Balaban J connectivity index is 2.86. The smallest absolute Gasteiger partial charge is 0.0895 e. The Bertz CT molecular complexity index is 508. The van der Waals surface area contributed by atoms with Crippen molar-refractivity contribution in [3.63, 3.8) is 0 Å². The lowest BCUT2D eigenvalue weighted by molar-refractivity contribution is 0.200. The molecule has 1 N–H and O–H groups in total. The van der Waals surface area contributed by atoms with Crippen LogP contribution in [-0.4, -0.2) is 10.1 Å². The second-order valence-corrected chi connectivity index (χ2v) is 4.07. The van der Waals surface area contributed by atoms with Gasteiger partial charge >= 0.3 is 0 Å². The third kappa shape index (κ3) is 1.83. The number of aliphatic hydroxyl groups excluding tert-OH is 1. The lowest BCUT2D eigenvalue weighted by atomic mass is 10.0. The van der Waals surface area contributed by atoms with Crippen molar-refractivity contribution in [3.8, 4) is 0 Å². The van der Waals surface area contributed by atoms with Crippen LogP contribution in [0, 0.1) is 6.92 Å². The number of aliphatic hydroxyl groups is 1. The molecule has 0 aliphatic heterocycles. The minimum absolute atomic E-state index is 0.507. The maximum absolute atomic E-state index is 9.67. The van der Waals surface area contributed by atoms with Crippen LogP contribution in [0.3, 0.4) is 0 Å². The summed E-state index contributed by atoms with van der Waals surface area (Å²) in [7, 11) is 0. The van der Waals surface area contributed by atoms with E-state index in [4.69, 9.17) is 11.6 Å². The van der Waals surface area contributed by atoms with Crippen LogP contribution in [0.2, 0.25) is 5.02 Å². The fraction of sp³-hybridized carbons (Fsp3) is 0.250. The highest BCUT2D eigenvalue weighted by Gasteiger charge is 2.10. The fourth-order valence-electron chi connectivity index (χ4n) is 1.72. The van der Waals surface area contributed by atoms with E-state index in [1.165, 1.54) is 0 Å². The zero-order valence-electron chi connectivity index (χ0n) is 8.66. The predicted octanol–water partition coefficient (Wildman–Crippen LogP) is 3.25. The first-order valence-corrected chi connectivity index (χ1v) is 5.21. The summed E-state index contributed by atoms with van der Waals surface area (Å²) in [6.45, 7) is 3.64. The van der Waals surface area contributed by atoms with E-state index in [0.29, 0.717) is 5.02 Å². The van der Waals surface area contributed by atoms with Crippen molar-refractivity contribution in [1.82, 2.24) is 4.98 Å². The molecular weight excluding hydrogens is 210 g/mol. The molecule has 1 unspecified atom stereocenters. The highest BCUT2D eigenvalue weighted by molar-refractivity contribution is 6.35. The fourth-order valence-corrected chi connectivity index (χ4v) is 1.94. The van der Waals surface area contributed by atoms with Crippen LogP contribution >= 0.6 is 11.6 Å². The van der Waals surface area contributed by atoms with Gasteiger partial charge in [0.15, 0.2) is 0 Å². The summed E-state index contributed by atoms with van der Waals surface area (Å²) in [6.07, 6.45) is -0.507. The number of halogens is 1. The van der Waals surface area contributed by atoms with Gasteiger partial charge in [-0.05, 0) is 31.5 Å². The highest BCUT2D eigenvalue weighted by atomic mass is 35.5. The lowest BCUT2D eigenvalue weighted by Crippen LogP contribution is -1.96. The van der Waals surface area contributed by atoms with Crippen molar-refractivity contribution in [2.75, 3.05) is 0 Å². The van der Waals surface area contributed by atoms with Crippen LogP contribution in [0.1, 0.15) is 24.3 Å². The summed E-state index contributed by atoms with van der Waals surface area (Å²) >= 11 is 6.06. The Morgan fingerprint density at radius 2 is 2.13 bits per heavy atom. The van der Waals surface area contributed by atoms with Crippen molar-refractivity contribution in [1.29, 1.82) is 0 Å². The van der Waals surface area contributed by atoms with Gasteiger partial charge in [-0.25, -0.2) is 0 Å². The molecule has 2 rings (SSSR count). The van der Waals surface area contributed by atoms with Gasteiger partial charge in [-0.2, -0.15) is 0 Å². The van der Waals surface area contributed by atoms with Gasteiger partial charge in [0, 0.05) is 11.1 Å². The van der Waals surface area contributed by atoms with E-state index >= 15 is 0 Å². The number of pyridine rings is 1. The maximum atomic E-state index is 9.67. The van der Waals surface area contributed by atoms with Crippen molar-refractivity contribution < 1.29 is 5.11 Å². The van der Waals surface area contributed by atoms with Crippen LogP contribution < -0.4 is 0 Å². The number of nitrogens with zero attached hydrogens (tertiary/aromatic N) is 1. The van der Waals surface area contributed by atoms with Crippen molar-refractivity contribution in [3.05, 3.63) is 40.5 Å². The molecule has 0 saturated carbocycles. The third-order valence-electron chi connectivity index (χ3n) is 2.40. The molecule has 0 amide bonds. The zero-order valence-corrected chi connectivity index (χ0v) is 9.42. The van der Waals surface area contributed by atoms with Gasteiger partial charge in [-0.3, -0.25) is 4.98 Å². The van der Waals surface area contributed by atoms with Gasteiger partial charge in [-0.1, -0.05) is 23.7 Å². The van der Waals surface area contributed by atoms with E-state index in [1.807, 2.05) is 31.2 Å². The van der Waals surface area contributed by atoms with Crippen molar-refractivity contribution in [2.24, 2.45) is 0 Å². The largest absolute Gasteiger partial charge is 0.389 e. The van der Waals surface area contributed by atoms with Gasteiger partial charge in [0.25, 0.3) is 0 Å². The molecule has 0 aliphatic rings. The summed E-state index contributed by atoms with van der Waals surface area (Å²) in [4.78, 5) is 4.38. The molecular formula is C12H12ClNO. The van der Waals surface area contributed by atoms with Gasteiger partial charge in [0.1, 0.15) is 0 Å². The number of aromatic nitrogens is 1. The van der Waals surface area contributed by atoms with E-state index in [0.717, 1.165) is 22.2 Å². The molecule has 1 aromatic heterocycles. The van der Waals surface area contributed by atoms with Gasteiger partial charge in [0.2, 0.25) is 0 Å². The van der Waals surface area contributed by atoms with Crippen LogP contribution in [-0.2, 0) is 0 Å². The topological polar surface area (TPSA) is 33.1 Å². The average molecular weight is 222 g/mol. The summed E-state index contributed by atoms with van der Waals surface area (Å²) in [5.41, 5.74) is 2.50. The SMILES string of the molecule is Cc1cc(C(C)O)c2cccc(Cl)c2n1. The zero-order chi connectivity index (χ0) is 11.0. The number of hydrogen-bond acceptors (Lipinski definition) is 2. The minimum Gasteiger partial charge on any atom is -0.389 e. The Hall–Kier alpha value is -1.12. The molecule has 1 heterocycles. The Labute approximate surface area is 93.5 Å². The summed E-state index contributed by atoms with van der Waals surface area (Å²) in [5.74, 6) is 0. The first kappa shape index (κ1) is 10.4. The first-order valence-electron chi connectivity index (χ1n) is 4.83. The molecule has 78 valence electrons. The van der Waals surface area contributed by atoms with Crippen molar-refractivity contribution >= 4 is 22.5 Å².